The van der Waals surface area contributed by atoms with Crippen molar-refractivity contribution in [3.05, 3.63) is 29.6 Å². The quantitative estimate of drug-likeness (QED) is 0.573. The van der Waals surface area contributed by atoms with E-state index < -0.39 is 26.9 Å². The molecule has 1 aromatic carbocycles. The molecule has 0 heterocycles. The molecule has 0 N–H and O–H groups in total. The van der Waals surface area contributed by atoms with Crippen LogP contribution in [-0.2, 0) is 15.0 Å². The number of hydrogen-bond acceptors (Lipinski definition) is 4. The van der Waals surface area contributed by atoms with E-state index in [1.807, 2.05) is 0 Å². The number of esters is 1. The van der Waals surface area contributed by atoms with Gasteiger partial charge in [-0.05, 0) is 18.2 Å². The van der Waals surface area contributed by atoms with Crippen LogP contribution < -0.4 is 0 Å². The van der Waals surface area contributed by atoms with E-state index in [0.29, 0.717) is 12.1 Å². The molecular formula is C8H6F2O4S. The van der Waals surface area contributed by atoms with Crippen molar-refractivity contribution in [2.45, 2.75) is 4.90 Å². The van der Waals surface area contributed by atoms with Crippen molar-refractivity contribution < 1.29 is 26.2 Å². The van der Waals surface area contributed by atoms with Gasteiger partial charge in [0.1, 0.15) is 10.7 Å². The second-order valence-electron chi connectivity index (χ2n) is 2.57. The summed E-state index contributed by atoms with van der Waals surface area (Å²) in [4.78, 5) is 9.79. The van der Waals surface area contributed by atoms with Crippen molar-refractivity contribution in [1.29, 1.82) is 0 Å². The summed E-state index contributed by atoms with van der Waals surface area (Å²) in [6, 6.07) is 2.22. The van der Waals surface area contributed by atoms with Crippen LogP contribution in [0.25, 0.3) is 0 Å². The molecule has 1 aromatic rings. The van der Waals surface area contributed by atoms with Gasteiger partial charge in [-0.25, -0.2) is 9.18 Å². The van der Waals surface area contributed by atoms with Crippen LogP contribution in [0.15, 0.2) is 23.1 Å². The molecule has 0 saturated heterocycles. The zero-order chi connectivity index (χ0) is 11.6. The van der Waals surface area contributed by atoms with E-state index in [4.69, 9.17) is 0 Å². The number of benzene rings is 1. The number of methoxy groups -OCH3 is 1. The summed E-state index contributed by atoms with van der Waals surface area (Å²) >= 11 is 0. The predicted octanol–water partition coefficient (Wildman–Crippen LogP) is 1.27. The maximum atomic E-state index is 13.0. The highest BCUT2D eigenvalue weighted by Crippen LogP contribution is 2.18. The van der Waals surface area contributed by atoms with Gasteiger partial charge in [0.05, 0.1) is 12.7 Å². The highest BCUT2D eigenvalue weighted by Gasteiger charge is 2.19. The van der Waals surface area contributed by atoms with Crippen LogP contribution in [0.3, 0.4) is 0 Å². The van der Waals surface area contributed by atoms with Crippen molar-refractivity contribution in [1.82, 2.24) is 0 Å². The van der Waals surface area contributed by atoms with E-state index in [0.717, 1.165) is 13.2 Å². The van der Waals surface area contributed by atoms with Crippen LogP contribution in [0.5, 0.6) is 0 Å². The monoisotopic (exact) mass is 236 g/mol. The fourth-order valence-corrected chi connectivity index (χ4v) is 1.47. The third-order valence-corrected chi connectivity index (χ3v) is 2.47. The first-order valence-electron chi connectivity index (χ1n) is 3.69. The molecule has 4 nitrogen and oxygen atoms in total. The van der Waals surface area contributed by atoms with Gasteiger partial charge < -0.3 is 4.74 Å². The van der Waals surface area contributed by atoms with Crippen molar-refractivity contribution >= 4 is 16.2 Å². The van der Waals surface area contributed by atoms with Gasteiger partial charge >= 0.3 is 16.2 Å². The van der Waals surface area contributed by atoms with E-state index in [1.165, 1.54) is 0 Å². The first-order valence-corrected chi connectivity index (χ1v) is 5.07. The third-order valence-electron chi connectivity index (χ3n) is 1.62. The molecular weight excluding hydrogens is 230 g/mol. The minimum absolute atomic E-state index is 0.192. The molecule has 15 heavy (non-hydrogen) atoms. The lowest BCUT2D eigenvalue weighted by atomic mass is 10.2. The van der Waals surface area contributed by atoms with Crippen LogP contribution in [-0.4, -0.2) is 21.5 Å². The zero-order valence-corrected chi connectivity index (χ0v) is 8.35. The lowest BCUT2D eigenvalue weighted by molar-refractivity contribution is 0.0600. The van der Waals surface area contributed by atoms with Crippen molar-refractivity contribution in [3.8, 4) is 0 Å². The maximum Gasteiger partial charge on any atom is 0.337 e. The van der Waals surface area contributed by atoms with Crippen molar-refractivity contribution in [2.75, 3.05) is 7.11 Å². The Morgan fingerprint density at radius 3 is 2.40 bits per heavy atom. The molecule has 0 radical (unpaired) electrons. The summed E-state index contributed by atoms with van der Waals surface area (Å²) in [5.41, 5.74) is -0.192. The molecule has 1 rings (SSSR count). The SMILES string of the molecule is COC(=O)c1ccc(S(=O)(=O)F)c(F)c1. The average Bonchev–Trinajstić information content (AvgIpc) is 2.14. The third kappa shape index (κ3) is 2.50. The fourth-order valence-electron chi connectivity index (χ4n) is 0.943. The zero-order valence-electron chi connectivity index (χ0n) is 7.53. The van der Waals surface area contributed by atoms with Crippen LogP contribution >= 0.6 is 0 Å². The Labute approximate surface area is 84.7 Å². The van der Waals surface area contributed by atoms with E-state index in [9.17, 15) is 21.5 Å². The Morgan fingerprint density at radius 2 is 2.00 bits per heavy atom. The lowest BCUT2D eigenvalue weighted by Crippen LogP contribution is -2.04. The summed E-state index contributed by atoms with van der Waals surface area (Å²) < 4.78 is 50.5. The minimum atomic E-state index is -5.11. The van der Waals surface area contributed by atoms with E-state index in [-0.39, 0.29) is 5.56 Å². The van der Waals surface area contributed by atoms with Crippen molar-refractivity contribution in [3.63, 3.8) is 0 Å². The number of hydrogen-bond donors (Lipinski definition) is 0. The summed E-state index contributed by atoms with van der Waals surface area (Å²) in [7, 11) is -4.03. The summed E-state index contributed by atoms with van der Waals surface area (Å²) in [5.74, 6) is -2.17. The highest BCUT2D eigenvalue weighted by molar-refractivity contribution is 7.86. The fraction of sp³-hybridized carbons (Fsp3) is 0.125. The molecule has 0 saturated carbocycles. The standard InChI is InChI=1S/C8H6F2O4S/c1-14-8(11)5-2-3-7(6(9)4-5)15(10,12)13/h2-4H,1H3. The minimum Gasteiger partial charge on any atom is -0.465 e. The molecule has 0 bridgehead atoms. The van der Waals surface area contributed by atoms with Gasteiger partial charge in [0.2, 0.25) is 0 Å². The molecule has 0 aromatic heterocycles. The molecule has 0 aliphatic heterocycles. The summed E-state index contributed by atoms with van der Waals surface area (Å²) in [5, 5.41) is 0. The normalized spacial score (nSPS) is 11.1. The highest BCUT2D eigenvalue weighted by atomic mass is 32.3. The second-order valence-corrected chi connectivity index (χ2v) is 3.89. The number of ether oxygens (including phenoxy) is 1. The van der Waals surface area contributed by atoms with Gasteiger partial charge in [0, 0.05) is 0 Å². The molecule has 0 aliphatic rings. The van der Waals surface area contributed by atoms with E-state index in [2.05, 4.69) is 4.74 Å². The largest absolute Gasteiger partial charge is 0.465 e. The smallest absolute Gasteiger partial charge is 0.337 e. The van der Waals surface area contributed by atoms with Crippen LogP contribution in [0.2, 0.25) is 0 Å². The summed E-state index contributed by atoms with van der Waals surface area (Å²) in [6.45, 7) is 0. The first kappa shape index (κ1) is 11.6. The van der Waals surface area contributed by atoms with E-state index in [1.54, 1.807) is 0 Å². The maximum absolute atomic E-state index is 13.0. The Morgan fingerprint density at radius 1 is 1.40 bits per heavy atom. The van der Waals surface area contributed by atoms with Gasteiger partial charge in [-0.1, -0.05) is 0 Å². The summed E-state index contributed by atoms with van der Waals surface area (Å²) in [6.07, 6.45) is 0. The van der Waals surface area contributed by atoms with Crippen molar-refractivity contribution in [2.24, 2.45) is 0 Å². The molecule has 7 heteroatoms. The van der Waals surface area contributed by atoms with Gasteiger partial charge in [-0.2, -0.15) is 8.42 Å². The molecule has 0 fully saturated rings. The molecule has 0 amide bonds. The average molecular weight is 236 g/mol. The van der Waals surface area contributed by atoms with Gasteiger partial charge in [-0.15, -0.1) is 3.89 Å². The van der Waals surface area contributed by atoms with Crippen LogP contribution in [0, 0.1) is 5.82 Å². The topological polar surface area (TPSA) is 60.4 Å². The van der Waals surface area contributed by atoms with Gasteiger partial charge in [0.25, 0.3) is 0 Å². The molecule has 0 unspecified atom stereocenters. The Bertz CT molecular complexity index is 495. The Kier molecular flexibility index (Phi) is 3.04. The predicted molar refractivity (Wildman–Crippen MR) is 46.0 cm³/mol. The van der Waals surface area contributed by atoms with Gasteiger partial charge in [0.15, 0.2) is 0 Å². The number of halogens is 2. The first-order chi connectivity index (χ1) is 6.86. The Hall–Kier alpha value is -1.50. The lowest BCUT2D eigenvalue weighted by Gasteiger charge is -2.01. The second kappa shape index (κ2) is 3.93. The molecule has 0 aliphatic carbocycles. The molecule has 0 atom stereocenters. The van der Waals surface area contributed by atoms with Crippen LogP contribution in [0.4, 0.5) is 8.28 Å². The van der Waals surface area contributed by atoms with Crippen LogP contribution in [0.1, 0.15) is 10.4 Å². The Balaban J connectivity index is 3.27. The number of carbonyl (C=O) groups is 1. The molecule has 0 spiro atoms. The number of carbonyl (C=O) groups excluding carboxylic acids is 1. The molecule has 82 valence electrons. The number of rotatable bonds is 2. The van der Waals surface area contributed by atoms with Gasteiger partial charge in [-0.3, -0.25) is 0 Å². The van der Waals surface area contributed by atoms with E-state index >= 15 is 0 Å².